The molecule has 0 aliphatic carbocycles. The maximum atomic E-state index is 12.7. The van der Waals surface area contributed by atoms with E-state index in [1.807, 2.05) is 0 Å². The van der Waals surface area contributed by atoms with Crippen molar-refractivity contribution >= 4 is 17.9 Å². The molecule has 0 bridgehead atoms. The summed E-state index contributed by atoms with van der Waals surface area (Å²) in [5.41, 5.74) is 0. The van der Waals surface area contributed by atoms with Crippen LogP contribution < -0.4 is 0 Å². The van der Waals surface area contributed by atoms with E-state index in [1.54, 1.807) is 0 Å². The maximum absolute atomic E-state index is 12.7. The molecule has 0 amide bonds. The Kier molecular flexibility index (Phi) is 48.8. The number of hydrogen-bond acceptors (Lipinski definition) is 6. The molecule has 0 aliphatic heterocycles. The molecular formula is C55H102O6. The summed E-state index contributed by atoms with van der Waals surface area (Å²) in [5, 5.41) is 0. The minimum atomic E-state index is -0.763. The number of rotatable bonds is 49. The highest BCUT2D eigenvalue weighted by Gasteiger charge is 2.19. The first-order valence-electron chi connectivity index (χ1n) is 26.8. The molecule has 0 aromatic rings. The predicted octanol–water partition coefficient (Wildman–Crippen LogP) is 17.5. The number of carbonyl (C=O) groups is 3. The van der Waals surface area contributed by atoms with Gasteiger partial charge in [-0.05, 0) is 51.4 Å². The molecule has 1 unspecified atom stereocenters. The summed E-state index contributed by atoms with van der Waals surface area (Å²) < 4.78 is 16.7. The van der Waals surface area contributed by atoms with Gasteiger partial charge in [-0.25, -0.2) is 0 Å². The fraction of sp³-hybridized carbons (Fsp3) is 0.873. The lowest BCUT2D eigenvalue weighted by Gasteiger charge is -2.18. The van der Waals surface area contributed by atoms with E-state index in [-0.39, 0.29) is 31.1 Å². The molecule has 0 aromatic heterocycles. The van der Waals surface area contributed by atoms with Crippen molar-refractivity contribution in [1.82, 2.24) is 0 Å². The summed E-state index contributed by atoms with van der Waals surface area (Å²) >= 11 is 0. The zero-order valence-electron chi connectivity index (χ0n) is 40.9. The zero-order chi connectivity index (χ0) is 44.4. The number of unbranched alkanes of at least 4 members (excludes halogenated alkanes) is 34. The standard InChI is InChI=1S/C55H102O6/c1-4-7-10-13-15-17-19-21-23-24-25-26-27-28-29-30-32-33-35-37-39-42-45-48-54(57)60-51-52(50-59-53(56)47-44-41-12-9-6-3)61-55(58)49-46-43-40-38-36-34-31-22-20-18-16-14-11-8-5-2/h19,21,24-25,52H,4-18,20,22-23,26-51H2,1-3H3/b21-19-,25-24-. The maximum Gasteiger partial charge on any atom is 0.306 e. The summed E-state index contributed by atoms with van der Waals surface area (Å²) in [6, 6.07) is 0. The molecule has 0 rings (SSSR count). The Morgan fingerprint density at radius 3 is 0.902 bits per heavy atom. The van der Waals surface area contributed by atoms with Crippen molar-refractivity contribution in [3.63, 3.8) is 0 Å². The van der Waals surface area contributed by atoms with Gasteiger partial charge in [-0.15, -0.1) is 0 Å². The van der Waals surface area contributed by atoms with E-state index in [9.17, 15) is 14.4 Å². The molecule has 1 atom stereocenters. The topological polar surface area (TPSA) is 78.9 Å². The molecule has 6 nitrogen and oxygen atoms in total. The molecule has 0 saturated carbocycles. The lowest BCUT2D eigenvalue weighted by molar-refractivity contribution is -0.167. The van der Waals surface area contributed by atoms with E-state index >= 15 is 0 Å². The van der Waals surface area contributed by atoms with Gasteiger partial charge in [-0.1, -0.05) is 244 Å². The van der Waals surface area contributed by atoms with Crippen LogP contribution in [0, 0.1) is 0 Å². The van der Waals surface area contributed by atoms with Gasteiger partial charge in [0.05, 0.1) is 0 Å². The molecule has 0 fully saturated rings. The molecular weight excluding hydrogens is 757 g/mol. The Bertz CT molecular complexity index is 989. The van der Waals surface area contributed by atoms with Crippen LogP contribution in [0.1, 0.15) is 290 Å². The monoisotopic (exact) mass is 859 g/mol. The highest BCUT2D eigenvalue weighted by molar-refractivity contribution is 5.71. The quantitative estimate of drug-likeness (QED) is 0.0262. The van der Waals surface area contributed by atoms with Crippen LogP contribution in [-0.4, -0.2) is 37.2 Å². The highest BCUT2D eigenvalue weighted by atomic mass is 16.6. The van der Waals surface area contributed by atoms with Crippen molar-refractivity contribution in [3.05, 3.63) is 24.3 Å². The van der Waals surface area contributed by atoms with Crippen LogP contribution in [0.4, 0.5) is 0 Å². The lowest BCUT2D eigenvalue weighted by Crippen LogP contribution is -2.30. The van der Waals surface area contributed by atoms with Crippen molar-refractivity contribution in [2.45, 2.75) is 297 Å². The summed E-state index contributed by atoms with van der Waals surface area (Å²) in [4.78, 5) is 37.7. The van der Waals surface area contributed by atoms with Gasteiger partial charge in [0.25, 0.3) is 0 Å². The number of esters is 3. The molecule has 0 aromatic carbocycles. The van der Waals surface area contributed by atoms with Crippen molar-refractivity contribution in [2.75, 3.05) is 13.2 Å². The van der Waals surface area contributed by atoms with Crippen LogP contribution >= 0.6 is 0 Å². The number of allylic oxidation sites excluding steroid dienone is 4. The zero-order valence-corrected chi connectivity index (χ0v) is 40.9. The molecule has 61 heavy (non-hydrogen) atoms. The molecule has 0 aliphatic rings. The summed E-state index contributed by atoms with van der Waals surface area (Å²) in [7, 11) is 0. The molecule has 0 heterocycles. The van der Waals surface area contributed by atoms with E-state index in [0.717, 1.165) is 70.6 Å². The Balaban J connectivity index is 4.07. The van der Waals surface area contributed by atoms with Gasteiger partial charge < -0.3 is 14.2 Å². The van der Waals surface area contributed by atoms with E-state index in [0.29, 0.717) is 19.3 Å². The second-order valence-corrected chi connectivity index (χ2v) is 18.2. The summed E-state index contributed by atoms with van der Waals surface area (Å²) in [5.74, 6) is -0.870. The van der Waals surface area contributed by atoms with E-state index < -0.39 is 6.10 Å². The Hall–Kier alpha value is -2.11. The van der Waals surface area contributed by atoms with Crippen molar-refractivity contribution in [2.24, 2.45) is 0 Å². The average molecular weight is 859 g/mol. The Labute approximate surface area is 379 Å². The number of ether oxygens (including phenoxy) is 3. The van der Waals surface area contributed by atoms with E-state index in [4.69, 9.17) is 14.2 Å². The molecule has 0 N–H and O–H groups in total. The van der Waals surface area contributed by atoms with Crippen LogP contribution in [0.25, 0.3) is 0 Å². The second-order valence-electron chi connectivity index (χ2n) is 18.2. The minimum Gasteiger partial charge on any atom is -0.462 e. The number of carbonyl (C=O) groups excluding carboxylic acids is 3. The van der Waals surface area contributed by atoms with Crippen LogP contribution in [0.3, 0.4) is 0 Å². The Morgan fingerprint density at radius 1 is 0.328 bits per heavy atom. The molecule has 6 heteroatoms. The fourth-order valence-electron chi connectivity index (χ4n) is 7.89. The van der Waals surface area contributed by atoms with Crippen LogP contribution in [0.15, 0.2) is 24.3 Å². The summed E-state index contributed by atoms with van der Waals surface area (Å²) in [6.45, 7) is 6.58. The third kappa shape index (κ3) is 48.8. The Morgan fingerprint density at radius 2 is 0.590 bits per heavy atom. The third-order valence-electron chi connectivity index (χ3n) is 12.0. The van der Waals surface area contributed by atoms with E-state index in [1.165, 1.54) is 180 Å². The first-order chi connectivity index (χ1) is 30.0. The van der Waals surface area contributed by atoms with Crippen molar-refractivity contribution in [3.8, 4) is 0 Å². The van der Waals surface area contributed by atoms with E-state index in [2.05, 4.69) is 45.1 Å². The van der Waals surface area contributed by atoms with Crippen molar-refractivity contribution in [1.29, 1.82) is 0 Å². The van der Waals surface area contributed by atoms with Gasteiger partial charge in [0.2, 0.25) is 0 Å². The van der Waals surface area contributed by atoms with Crippen LogP contribution in [-0.2, 0) is 28.6 Å². The molecule has 0 spiro atoms. The van der Waals surface area contributed by atoms with Gasteiger partial charge in [0.1, 0.15) is 13.2 Å². The predicted molar refractivity (Wildman–Crippen MR) is 261 cm³/mol. The third-order valence-corrected chi connectivity index (χ3v) is 12.0. The minimum absolute atomic E-state index is 0.0686. The van der Waals surface area contributed by atoms with Crippen molar-refractivity contribution < 1.29 is 28.6 Å². The van der Waals surface area contributed by atoms with Gasteiger partial charge in [-0.2, -0.15) is 0 Å². The average Bonchev–Trinajstić information content (AvgIpc) is 3.26. The molecule has 0 radical (unpaired) electrons. The number of hydrogen-bond donors (Lipinski definition) is 0. The van der Waals surface area contributed by atoms with Gasteiger partial charge >= 0.3 is 17.9 Å². The molecule has 0 saturated heterocycles. The fourth-order valence-corrected chi connectivity index (χ4v) is 7.89. The first-order valence-corrected chi connectivity index (χ1v) is 26.8. The largest absolute Gasteiger partial charge is 0.462 e. The van der Waals surface area contributed by atoms with Crippen LogP contribution in [0.2, 0.25) is 0 Å². The van der Waals surface area contributed by atoms with Gasteiger partial charge in [-0.3, -0.25) is 14.4 Å². The van der Waals surface area contributed by atoms with Gasteiger partial charge in [0, 0.05) is 19.3 Å². The smallest absolute Gasteiger partial charge is 0.306 e. The highest BCUT2D eigenvalue weighted by Crippen LogP contribution is 2.16. The van der Waals surface area contributed by atoms with Crippen LogP contribution in [0.5, 0.6) is 0 Å². The SMILES string of the molecule is CCCCCCC/C=C\C/C=C\CCCCCCCCCCCCCC(=O)OCC(COC(=O)CCCCCCC)OC(=O)CCCCCCCCCCCCCCCCC. The first kappa shape index (κ1) is 58.9. The summed E-state index contributed by atoms with van der Waals surface area (Å²) in [6.07, 6.45) is 57.8. The lowest BCUT2D eigenvalue weighted by atomic mass is 10.0. The molecule has 358 valence electrons. The second kappa shape index (κ2) is 50.5. The van der Waals surface area contributed by atoms with Gasteiger partial charge in [0.15, 0.2) is 6.10 Å². The normalized spacial score (nSPS) is 12.1.